The normalized spacial score (nSPS) is 9.79. The van der Waals surface area contributed by atoms with Gasteiger partial charge in [0.1, 0.15) is 5.69 Å². The van der Waals surface area contributed by atoms with Gasteiger partial charge < -0.3 is 4.98 Å². The highest BCUT2D eigenvalue weighted by Crippen LogP contribution is 2.19. The number of ketones is 1. The monoisotopic (exact) mass is 254 g/mol. The van der Waals surface area contributed by atoms with Crippen LogP contribution in [0, 0.1) is 0 Å². The van der Waals surface area contributed by atoms with Gasteiger partial charge in [-0.3, -0.25) is 9.78 Å². The largest absolute Gasteiger partial charge is 0.360 e. The van der Waals surface area contributed by atoms with Gasteiger partial charge in [0.2, 0.25) is 5.78 Å². The summed E-state index contributed by atoms with van der Waals surface area (Å²) in [5, 5.41) is 0.933. The number of H-pyrrole nitrogens is 1. The van der Waals surface area contributed by atoms with Crippen LogP contribution in [0.15, 0.2) is 54.9 Å². The number of hydrogen-bond acceptors (Lipinski definition) is 2. The van der Waals surface area contributed by atoms with Crippen molar-refractivity contribution in [3.63, 3.8) is 0 Å². The summed E-state index contributed by atoms with van der Waals surface area (Å²) in [6.45, 7) is 4.00. The first kappa shape index (κ1) is 13.0. The Hall–Kier alpha value is -2.42. The van der Waals surface area contributed by atoms with Gasteiger partial charge in [-0.15, -0.1) is 0 Å². The number of carbonyl (C=O) groups excluding carboxylic acids is 1. The molecule has 0 saturated carbocycles. The highest BCUT2D eigenvalue weighted by atomic mass is 16.1. The van der Waals surface area contributed by atoms with E-state index in [9.17, 15) is 4.79 Å². The number of aromatic nitrogens is 2. The maximum Gasteiger partial charge on any atom is 0.213 e. The Bertz CT molecular complexity index is 677. The van der Waals surface area contributed by atoms with Crippen molar-refractivity contribution < 1.29 is 6.22 Å². The Morgan fingerprint density at radius 3 is 2.58 bits per heavy atom. The number of aromatic amines is 1. The minimum atomic E-state index is -0.0527. The quantitative estimate of drug-likeness (QED) is 0.701. The number of rotatable bonds is 2. The van der Waals surface area contributed by atoms with Crippen molar-refractivity contribution in [3.8, 4) is 0 Å². The van der Waals surface area contributed by atoms with Gasteiger partial charge in [-0.1, -0.05) is 38.1 Å². The van der Waals surface area contributed by atoms with E-state index in [1.54, 1.807) is 24.5 Å². The average molecular weight is 254 g/mol. The Morgan fingerprint density at radius 1 is 1.11 bits per heavy atom. The minimum absolute atomic E-state index is 0. The number of nitrogens with zero attached hydrogens (tertiary/aromatic N) is 1. The topological polar surface area (TPSA) is 45.8 Å². The number of nitrogens with one attached hydrogen (secondary N) is 1. The summed E-state index contributed by atoms with van der Waals surface area (Å²) in [7, 11) is 0. The van der Waals surface area contributed by atoms with E-state index < -0.39 is 0 Å². The Kier molecular flexibility index (Phi) is 4.08. The molecule has 3 aromatic rings. The van der Waals surface area contributed by atoms with Crippen LogP contribution in [-0.4, -0.2) is 15.8 Å². The first-order valence-electron chi connectivity index (χ1n) is 6.38. The van der Waals surface area contributed by atoms with Gasteiger partial charge in [0.25, 0.3) is 0 Å². The molecule has 0 aliphatic rings. The predicted octanol–water partition coefficient (Wildman–Crippen LogP) is 4.07. The number of pyridine rings is 1. The molecule has 3 nitrogen and oxygen atoms in total. The second-order valence-electron chi connectivity index (χ2n) is 3.79. The van der Waals surface area contributed by atoms with E-state index in [4.69, 9.17) is 0 Å². The molecule has 0 aliphatic heterocycles. The molecule has 2 aromatic heterocycles. The van der Waals surface area contributed by atoms with Crippen LogP contribution >= 0.6 is 0 Å². The van der Waals surface area contributed by atoms with E-state index in [2.05, 4.69) is 9.97 Å². The van der Waals surface area contributed by atoms with Crippen LogP contribution in [0.2, 0.25) is 0 Å². The molecule has 0 spiro atoms. The van der Waals surface area contributed by atoms with Gasteiger partial charge >= 0.3 is 0 Å². The van der Waals surface area contributed by atoms with Crippen molar-refractivity contribution in [1.82, 2.24) is 9.97 Å². The Balaban J connectivity index is 0.000000639. The molecule has 0 amide bonds. The lowest BCUT2D eigenvalue weighted by Crippen LogP contribution is -2.02. The number of benzene rings is 1. The molecule has 19 heavy (non-hydrogen) atoms. The molecule has 0 fully saturated rings. The zero-order chi connectivity index (χ0) is 13.7. The number of para-hydroxylation sites is 1. The van der Waals surface area contributed by atoms with Crippen molar-refractivity contribution in [1.29, 1.82) is 0 Å². The Labute approximate surface area is 113 Å². The molecule has 98 valence electrons. The van der Waals surface area contributed by atoms with Crippen molar-refractivity contribution in [2.24, 2.45) is 0 Å². The molecule has 3 heteroatoms. The van der Waals surface area contributed by atoms with E-state index in [-0.39, 0.29) is 7.21 Å². The first-order chi connectivity index (χ1) is 9.36. The third-order valence-electron chi connectivity index (χ3n) is 2.73. The molecule has 0 unspecified atom stereocenters. The zero-order valence-corrected chi connectivity index (χ0v) is 11.1. The fourth-order valence-corrected chi connectivity index (χ4v) is 1.89. The average Bonchev–Trinajstić information content (AvgIpc) is 2.93. The molecule has 2 heterocycles. The molecule has 0 saturated heterocycles. The van der Waals surface area contributed by atoms with Crippen LogP contribution in [0.1, 0.15) is 31.3 Å². The van der Waals surface area contributed by atoms with Crippen LogP contribution in [0.3, 0.4) is 0 Å². The second kappa shape index (κ2) is 5.96. The lowest BCUT2D eigenvalue weighted by atomic mass is 10.1. The summed E-state index contributed by atoms with van der Waals surface area (Å²) in [6, 6.07) is 13.1. The summed E-state index contributed by atoms with van der Waals surface area (Å²) in [5.41, 5.74) is 2.10. The number of fused-ring (bicyclic) bond motifs is 1. The lowest BCUT2D eigenvalue weighted by molar-refractivity contribution is 0.103. The summed E-state index contributed by atoms with van der Waals surface area (Å²) in [4.78, 5) is 19.4. The molecule has 3 rings (SSSR count). The fraction of sp³-hybridized carbons (Fsp3) is 0.125. The molecule has 1 N–H and O–H groups in total. The Morgan fingerprint density at radius 2 is 1.84 bits per heavy atom. The summed E-state index contributed by atoms with van der Waals surface area (Å²) in [6.07, 6.45) is 3.36. The van der Waals surface area contributed by atoms with E-state index in [0.717, 1.165) is 10.9 Å². The van der Waals surface area contributed by atoms with E-state index in [1.165, 1.54) is 0 Å². The lowest BCUT2D eigenvalue weighted by Gasteiger charge is -1.97. The molecule has 0 bridgehead atoms. The van der Waals surface area contributed by atoms with Gasteiger partial charge in [-0.2, -0.15) is 0 Å². The fourth-order valence-electron chi connectivity index (χ4n) is 1.89. The summed E-state index contributed by atoms with van der Waals surface area (Å²) < 4.78 is 0. The maximum absolute atomic E-state index is 12.2. The molecule has 1 aromatic carbocycles. The molecule has 0 atom stereocenters. The van der Waals surface area contributed by atoms with Crippen LogP contribution in [-0.2, 0) is 0 Å². The third kappa shape index (κ3) is 2.55. The molecular formula is C16H18N2O. The highest BCUT2D eigenvalue weighted by molar-refractivity contribution is 6.15. The second-order valence-corrected chi connectivity index (χ2v) is 3.79. The van der Waals surface area contributed by atoms with Crippen molar-refractivity contribution >= 4 is 16.7 Å². The SMILES string of the molecule is CC.O=C(c1ccccn1)c1c[nH]c2ccccc12.[HH]. The maximum atomic E-state index is 12.2. The summed E-state index contributed by atoms with van der Waals surface area (Å²) in [5.74, 6) is -0.0527. The van der Waals surface area contributed by atoms with E-state index in [0.29, 0.717) is 11.3 Å². The van der Waals surface area contributed by atoms with Crippen LogP contribution in [0.4, 0.5) is 0 Å². The van der Waals surface area contributed by atoms with Crippen molar-refractivity contribution in [2.45, 2.75) is 13.8 Å². The number of hydrogen-bond donors (Lipinski definition) is 1. The molecule has 0 aliphatic carbocycles. The van der Waals surface area contributed by atoms with Crippen LogP contribution < -0.4 is 0 Å². The predicted molar refractivity (Wildman–Crippen MR) is 79.4 cm³/mol. The van der Waals surface area contributed by atoms with Gasteiger partial charge in [-0.25, -0.2) is 0 Å². The molecule has 0 radical (unpaired) electrons. The van der Waals surface area contributed by atoms with Crippen LogP contribution in [0.5, 0.6) is 0 Å². The van der Waals surface area contributed by atoms with Crippen molar-refractivity contribution in [3.05, 3.63) is 66.1 Å². The summed E-state index contributed by atoms with van der Waals surface area (Å²) >= 11 is 0. The van der Waals surface area contributed by atoms with Crippen LogP contribution in [0.25, 0.3) is 10.9 Å². The van der Waals surface area contributed by atoms with Gasteiger partial charge in [0.05, 0.1) is 0 Å². The smallest absolute Gasteiger partial charge is 0.213 e. The zero-order valence-electron chi connectivity index (χ0n) is 11.1. The van der Waals surface area contributed by atoms with E-state index >= 15 is 0 Å². The van der Waals surface area contributed by atoms with Crippen molar-refractivity contribution in [2.75, 3.05) is 0 Å². The first-order valence-corrected chi connectivity index (χ1v) is 6.38. The third-order valence-corrected chi connectivity index (χ3v) is 2.73. The highest BCUT2D eigenvalue weighted by Gasteiger charge is 2.14. The van der Waals surface area contributed by atoms with Gasteiger partial charge in [-0.05, 0) is 18.2 Å². The number of carbonyl (C=O) groups is 1. The van der Waals surface area contributed by atoms with E-state index in [1.807, 2.05) is 44.2 Å². The standard InChI is InChI=1S/C14H10N2O.C2H6.H2/c17-14(13-7-3-4-8-15-13)11-9-16-12-6-2-1-5-10(11)12;1-2;/h1-9,16H;1-2H3;1H. The minimum Gasteiger partial charge on any atom is -0.360 e. The molecular weight excluding hydrogens is 236 g/mol. The van der Waals surface area contributed by atoms with Gasteiger partial charge in [0.15, 0.2) is 0 Å². The van der Waals surface area contributed by atoms with Gasteiger partial charge in [0, 0.05) is 30.3 Å².